The molecule has 0 saturated heterocycles. The Balaban J connectivity index is 1.33. The topological polar surface area (TPSA) is 60.3 Å². The first-order valence-electron chi connectivity index (χ1n) is 11.6. The van der Waals surface area contributed by atoms with Gasteiger partial charge in [0.25, 0.3) is 0 Å². The number of hydrogen-bond donors (Lipinski definition) is 1. The number of carbonyl (C=O) groups is 1. The van der Waals surface area contributed by atoms with Crippen molar-refractivity contribution in [3.63, 3.8) is 0 Å². The summed E-state index contributed by atoms with van der Waals surface area (Å²) in [5.74, 6) is 2.66. The van der Waals surface area contributed by atoms with Gasteiger partial charge < -0.3 is 10.1 Å². The van der Waals surface area contributed by atoms with Gasteiger partial charge in [0.1, 0.15) is 12.3 Å². The number of methoxy groups -OCH3 is 1. The van der Waals surface area contributed by atoms with E-state index in [4.69, 9.17) is 16.3 Å². The number of thioether (sulfide) groups is 1. The largest absolute Gasteiger partial charge is 0.497 e. The number of anilines is 1. The van der Waals surface area contributed by atoms with Gasteiger partial charge in [-0.25, -0.2) is 0 Å². The van der Waals surface area contributed by atoms with E-state index in [1.165, 1.54) is 36.2 Å². The summed E-state index contributed by atoms with van der Waals surface area (Å²) in [5.41, 5.74) is 1.91. The summed E-state index contributed by atoms with van der Waals surface area (Å²) in [6, 6.07) is 15.3. The summed E-state index contributed by atoms with van der Waals surface area (Å²) >= 11 is 9.34. The van der Waals surface area contributed by atoms with Crippen molar-refractivity contribution in [1.82, 2.24) is 4.57 Å². The molecule has 3 aromatic rings. The number of nitrogens with zero attached hydrogens (tertiary/aromatic N) is 1. The molecule has 2 aliphatic carbocycles. The standard InChI is InChI=1S/C26H25ClN2O3S2/c1-32-19-10-8-18(9-11-19)28-20(30)13-29-25-24(34-26(29)31)21(14-4-6-17(27)7-5-14)22-15-2-3-16(12-15)23(22)33-25/h4-11,15-16,21-23H,2-3,12-13H2,1H3,(H,28,30)/t15-,16+,21-,22-,23+/m1/s1. The third kappa shape index (κ3) is 3.78. The number of rotatable bonds is 5. The van der Waals surface area contributed by atoms with Crippen LogP contribution in [-0.4, -0.2) is 22.8 Å². The molecule has 5 nitrogen and oxygen atoms in total. The molecular formula is C26H25ClN2O3S2. The number of thiazole rings is 1. The predicted octanol–water partition coefficient (Wildman–Crippen LogP) is 5.86. The molecule has 3 aliphatic rings. The second-order valence-electron chi connectivity index (χ2n) is 9.42. The van der Waals surface area contributed by atoms with E-state index in [0.717, 1.165) is 20.7 Å². The number of carbonyl (C=O) groups excluding carboxylic acids is 1. The third-order valence-corrected chi connectivity index (χ3v) is 10.7. The van der Waals surface area contributed by atoms with Crippen LogP contribution in [0.15, 0.2) is 58.4 Å². The molecule has 2 fully saturated rings. The predicted molar refractivity (Wildman–Crippen MR) is 137 cm³/mol. The van der Waals surface area contributed by atoms with E-state index in [1.54, 1.807) is 35.9 Å². The maximum absolute atomic E-state index is 13.2. The molecule has 2 saturated carbocycles. The number of benzene rings is 2. The fourth-order valence-corrected chi connectivity index (χ4v) is 9.43. The molecule has 176 valence electrons. The van der Waals surface area contributed by atoms with E-state index in [0.29, 0.717) is 28.7 Å². The Morgan fingerprint density at radius 2 is 1.85 bits per heavy atom. The Morgan fingerprint density at radius 1 is 1.12 bits per heavy atom. The first kappa shape index (κ1) is 22.3. The molecule has 0 radical (unpaired) electrons. The van der Waals surface area contributed by atoms with Crippen LogP contribution in [0.2, 0.25) is 5.02 Å². The Morgan fingerprint density at radius 3 is 2.59 bits per heavy atom. The zero-order valence-electron chi connectivity index (χ0n) is 18.7. The van der Waals surface area contributed by atoms with Gasteiger partial charge in [0.2, 0.25) is 5.91 Å². The van der Waals surface area contributed by atoms with Gasteiger partial charge in [-0.05, 0) is 79.0 Å². The van der Waals surface area contributed by atoms with Crippen LogP contribution in [0.4, 0.5) is 5.69 Å². The zero-order valence-corrected chi connectivity index (χ0v) is 21.1. The highest BCUT2D eigenvalue weighted by Gasteiger charge is 2.55. The lowest BCUT2D eigenvalue weighted by Crippen LogP contribution is -2.34. The Bertz CT molecular complexity index is 1280. The molecule has 2 aromatic carbocycles. The van der Waals surface area contributed by atoms with E-state index in [1.807, 2.05) is 23.9 Å². The second-order valence-corrected chi connectivity index (χ2v) is 12.0. The van der Waals surface area contributed by atoms with Crippen molar-refractivity contribution in [1.29, 1.82) is 0 Å². The molecule has 2 bridgehead atoms. The highest BCUT2D eigenvalue weighted by atomic mass is 35.5. The number of nitrogens with one attached hydrogen (secondary N) is 1. The van der Waals surface area contributed by atoms with Crippen LogP contribution in [0.3, 0.4) is 0 Å². The van der Waals surface area contributed by atoms with Gasteiger partial charge in [-0.2, -0.15) is 0 Å². The van der Waals surface area contributed by atoms with Gasteiger partial charge in [-0.1, -0.05) is 35.1 Å². The normalized spacial score (nSPS) is 26.7. The summed E-state index contributed by atoms with van der Waals surface area (Å²) in [7, 11) is 1.61. The van der Waals surface area contributed by atoms with Crippen molar-refractivity contribution < 1.29 is 9.53 Å². The summed E-state index contributed by atoms with van der Waals surface area (Å²) in [6.45, 7) is 0.0164. The molecule has 1 aromatic heterocycles. The lowest BCUT2D eigenvalue weighted by molar-refractivity contribution is -0.116. The van der Waals surface area contributed by atoms with Crippen LogP contribution in [0.5, 0.6) is 5.75 Å². The molecule has 5 atom stereocenters. The van der Waals surface area contributed by atoms with Crippen molar-refractivity contribution in [3.05, 3.63) is 73.7 Å². The van der Waals surface area contributed by atoms with Crippen LogP contribution < -0.4 is 14.9 Å². The number of hydrogen-bond acceptors (Lipinski definition) is 5. The molecule has 2 heterocycles. The minimum atomic E-state index is -0.202. The van der Waals surface area contributed by atoms with Crippen LogP contribution >= 0.6 is 34.7 Å². The molecule has 8 heteroatoms. The first-order valence-corrected chi connectivity index (χ1v) is 13.7. The number of fused-ring (bicyclic) bond motifs is 6. The van der Waals surface area contributed by atoms with E-state index < -0.39 is 0 Å². The van der Waals surface area contributed by atoms with Gasteiger partial charge in [-0.15, -0.1) is 11.8 Å². The van der Waals surface area contributed by atoms with Gasteiger partial charge >= 0.3 is 4.87 Å². The number of amides is 1. The Labute approximate surface area is 211 Å². The molecular weight excluding hydrogens is 488 g/mol. The maximum atomic E-state index is 13.2. The summed E-state index contributed by atoms with van der Waals surface area (Å²) in [5, 5.41) is 5.11. The fourth-order valence-electron chi connectivity index (χ4n) is 6.15. The van der Waals surface area contributed by atoms with Crippen LogP contribution in [0.1, 0.15) is 35.6 Å². The number of ether oxygens (including phenoxy) is 1. The molecule has 1 amide bonds. The molecule has 1 N–H and O–H groups in total. The van der Waals surface area contributed by atoms with Crippen LogP contribution in [-0.2, 0) is 11.3 Å². The molecule has 0 spiro atoms. The van der Waals surface area contributed by atoms with Crippen molar-refractivity contribution in [2.75, 3.05) is 12.4 Å². The lowest BCUT2D eigenvalue weighted by Gasteiger charge is -2.40. The highest BCUT2D eigenvalue weighted by molar-refractivity contribution is 8.00. The third-order valence-electron chi connectivity index (χ3n) is 7.60. The maximum Gasteiger partial charge on any atom is 0.308 e. The van der Waals surface area contributed by atoms with Crippen molar-refractivity contribution in [2.45, 2.75) is 42.0 Å². The molecule has 6 rings (SSSR count). The van der Waals surface area contributed by atoms with Crippen molar-refractivity contribution in [2.24, 2.45) is 17.8 Å². The average Bonchev–Trinajstić information content (AvgIpc) is 3.53. The van der Waals surface area contributed by atoms with E-state index in [9.17, 15) is 9.59 Å². The average molecular weight is 513 g/mol. The van der Waals surface area contributed by atoms with Crippen LogP contribution in [0, 0.1) is 17.8 Å². The van der Waals surface area contributed by atoms with E-state index in [2.05, 4.69) is 17.4 Å². The summed E-state index contributed by atoms with van der Waals surface area (Å²) in [6.07, 6.45) is 3.84. The molecule has 34 heavy (non-hydrogen) atoms. The number of aromatic nitrogens is 1. The van der Waals surface area contributed by atoms with Gasteiger partial charge in [0.15, 0.2) is 0 Å². The monoisotopic (exact) mass is 512 g/mol. The van der Waals surface area contributed by atoms with Gasteiger partial charge in [-0.3, -0.25) is 14.2 Å². The molecule has 0 unspecified atom stereocenters. The second kappa shape index (κ2) is 8.77. The quantitative estimate of drug-likeness (QED) is 0.465. The van der Waals surface area contributed by atoms with E-state index in [-0.39, 0.29) is 23.2 Å². The minimum Gasteiger partial charge on any atom is -0.497 e. The van der Waals surface area contributed by atoms with Crippen molar-refractivity contribution in [3.8, 4) is 5.75 Å². The lowest BCUT2D eigenvalue weighted by atomic mass is 9.75. The van der Waals surface area contributed by atoms with E-state index >= 15 is 0 Å². The number of halogens is 1. The molecule has 1 aliphatic heterocycles. The summed E-state index contributed by atoms with van der Waals surface area (Å²) < 4.78 is 6.87. The zero-order chi connectivity index (χ0) is 23.4. The summed E-state index contributed by atoms with van der Waals surface area (Å²) in [4.78, 5) is 27.1. The fraction of sp³-hybridized carbons (Fsp3) is 0.385. The van der Waals surface area contributed by atoms with Gasteiger partial charge in [0.05, 0.1) is 12.1 Å². The van der Waals surface area contributed by atoms with Crippen LogP contribution in [0.25, 0.3) is 0 Å². The van der Waals surface area contributed by atoms with Gasteiger partial charge in [0, 0.05) is 26.8 Å². The van der Waals surface area contributed by atoms with Crippen molar-refractivity contribution >= 4 is 46.3 Å². The Hall–Kier alpha value is -2.22. The smallest absolute Gasteiger partial charge is 0.308 e. The minimum absolute atomic E-state index is 0.0164. The first-order chi connectivity index (χ1) is 16.5. The Kier molecular flexibility index (Phi) is 5.74. The highest BCUT2D eigenvalue weighted by Crippen LogP contribution is 2.64. The SMILES string of the molecule is COc1ccc(NC(=O)Cn2c3c(sc2=O)[C@H](c2ccc(Cl)cc2)[C@H]2[C@@H]4CC[C@@H](C4)[C@@H]2S3)cc1.